The molecule has 0 aliphatic rings. The van der Waals surface area contributed by atoms with Gasteiger partial charge in [-0.25, -0.2) is 0 Å². The van der Waals surface area contributed by atoms with Gasteiger partial charge in [0.1, 0.15) is 0 Å². The van der Waals surface area contributed by atoms with Crippen molar-refractivity contribution >= 4 is 24.0 Å². The van der Waals surface area contributed by atoms with E-state index in [2.05, 4.69) is 117 Å². The van der Waals surface area contributed by atoms with Crippen LogP contribution in [0.25, 0.3) is 21.9 Å². The van der Waals surface area contributed by atoms with Crippen LogP contribution in [0, 0.1) is 6.92 Å². The van der Waals surface area contributed by atoms with Crippen LogP contribution in [0.5, 0.6) is 0 Å². The van der Waals surface area contributed by atoms with Gasteiger partial charge in [0, 0.05) is 0 Å². The van der Waals surface area contributed by atoms with E-state index in [9.17, 15) is 0 Å². The highest BCUT2D eigenvalue weighted by atomic mass is 31.1. The van der Waals surface area contributed by atoms with Gasteiger partial charge in [0.2, 0.25) is 0 Å². The SMILES string of the molecule is Cc1ccc(-c2c(C(C)C)ccc3ccccc23)c(P(C(C)(C)C)C(C)(C)C)c1. The maximum atomic E-state index is 2.48. The summed E-state index contributed by atoms with van der Waals surface area (Å²) >= 11 is 0. The van der Waals surface area contributed by atoms with E-state index >= 15 is 0 Å². The van der Waals surface area contributed by atoms with Crippen LogP contribution in [0.15, 0.2) is 54.6 Å². The van der Waals surface area contributed by atoms with Crippen molar-refractivity contribution < 1.29 is 0 Å². The third kappa shape index (κ3) is 4.44. The molecule has 0 heterocycles. The van der Waals surface area contributed by atoms with Crippen molar-refractivity contribution in [2.24, 2.45) is 0 Å². The van der Waals surface area contributed by atoms with Crippen LogP contribution < -0.4 is 5.30 Å². The molecule has 0 bridgehead atoms. The van der Waals surface area contributed by atoms with Crippen molar-refractivity contribution in [1.29, 1.82) is 0 Å². The lowest BCUT2D eigenvalue weighted by molar-refractivity contribution is 0.715. The largest absolute Gasteiger partial charge is 0.0636 e. The van der Waals surface area contributed by atoms with Crippen molar-refractivity contribution in [1.82, 2.24) is 0 Å². The Balaban J connectivity index is 2.44. The Labute approximate surface area is 179 Å². The van der Waals surface area contributed by atoms with Crippen molar-refractivity contribution in [3.63, 3.8) is 0 Å². The average Bonchev–Trinajstić information content (AvgIpc) is 2.58. The molecule has 0 unspecified atom stereocenters. The molecule has 3 rings (SSSR count). The first-order chi connectivity index (χ1) is 13.4. The predicted molar refractivity (Wildman–Crippen MR) is 134 cm³/mol. The number of hydrogen-bond acceptors (Lipinski definition) is 0. The molecule has 154 valence electrons. The zero-order chi connectivity index (χ0) is 21.6. The number of rotatable bonds is 3. The summed E-state index contributed by atoms with van der Waals surface area (Å²) in [6, 6.07) is 20.7. The summed E-state index contributed by atoms with van der Waals surface area (Å²) in [5.41, 5.74) is 5.68. The summed E-state index contributed by atoms with van der Waals surface area (Å²) in [6.45, 7) is 21.4. The number of hydrogen-bond donors (Lipinski definition) is 0. The average molecular weight is 405 g/mol. The fraction of sp³-hybridized carbons (Fsp3) is 0.429. The lowest BCUT2D eigenvalue weighted by atomic mass is 9.88. The normalized spacial score (nSPS) is 12.9. The minimum atomic E-state index is -0.386. The van der Waals surface area contributed by atoms with Gasteiger partial charge in [0.25, 0.3) is 0 Å². The molecular formula is C28H37P. The van der Waals surface area contributed by atoms with E-state index in [1.165, 1.54) is 33.0 Å². The second kappa shape index (κ2) is 7.88. The van der Waals surface area contributed by atoms with Crippen LogP contribution in [0.4, 0.5) is 0 Å². The van der Waals surface area contributed by atoms with E-state index in [0.29, 0.717) is 5.92 Å². The Morgan fingerprint density at radius 2 is 1.38 bits per heavy atom. The van der Waals surface area contributed by atoms with Crippen molar-refractivity contribution in [2.45, 2.75) is 78.5 Å². The summed E-state index contributed by atoms with van der Waals surface area (Å²) in [4.78, 5) is 0. The molecule has 0 spiro atoms. The third-order valence-corrected chi connectivity index (χ3v) is 9.12. The molecule has 0 radical (unpaired) electrons. The lowest BCUT2D eigenvalue weighted by Gasteiger charge is -2.43. The summed E-state index contributed by atoms with van der Waals surface area (Å²) in [7, 11) is -0.386. The zero-order valence-corrected chi connectivity index (χ0v) is 20.6. The minimum Gasteiger partial charge on any atom is -0.0636 e. The van der Waals surface area contributed by atoms with Crippen molar-refractivity contribution in [3.05, 3.63) is 65.7 Å². The molecular weight excluding hydrogens is 367 g/mol. The van der Waals surface area contributed by atoms with Gasteiger partial charge in [0.05, 0.1) is 0 Å². The molecule has 3 aromatic carbocycles. The fourth-order valence-electron chi connectivity index (χ4n) is 4.84. The fourth-order valence-corrected chi connectivity index (χ4v) is 9.05. The van der Waals surface area contributed by atoms with Crippen LogP contribution in [-0.2, 0) is 0 Å². The van der Waals surface area contributed by atoms with Gasteiger partial charge < -0.3 is 0 Å². The Morgan fingerprint density at radius 1 is 0.759 bits per heavy atom. The van der Waals surface area contributed by atoms with Crippen LogP contribution in [0.1, 0.15) is 72.4 Å². The van der Waals surface area contributed by atoms with Crippen molar-refractivity contribution in [2.75, 3.05) is 0 Å². The highest BCUT2D eigenvalue weighted by molar-refractivity contribution is 7.68. The van der Waals surface area contributed by atoms with Crippen molar-refractivity contribution in [3.8, 4) is 11.1 Å². The molecule has 0 aromatic heterocycles. The first-order valence-electron chi connectivity index (χ1n) is 10.8. The highest BCUT2D eigenvalue weighted by Gasteiger charge is 2.37. The van der Waals surface area contributed by atoms with Gasteiger partial charge in [0.15, 0.2) is 0 Å². The molecule has 0 amide bonds. The van der Waals surface area contributed by atoms with Gasteiger partial charge in [-0.15, -0.1) is 0 Å². The quantitative estimate of drug-likeness (QED) is 0.383. The summed E-state index contributed by atoms with van der Waals surface area (Å²) in [6.07, 6.45) is 0. The van der Waals surface area contributed by atoms with Gasteiger partial charge in [-0.1, -0.05) is 123 Å². The van der Waals surface area contributed by atoms with Crippen LogP contribution in [0.2, 0.25) is 0 Å². The maximum Gasteiger partial charge on any atom is -0.00643 e. The second-order valence-corrected chi connectivity index (χ2v) is 14.4. The molecule has 0 atom stereocenters. The van der Waals surface area contributed by atoms with Crippen LogP contribution in [0.3, 0.4) is 0 Å². The molecule has 29 heavy (non-hydrogen) atoms. The minimum absolute atomic E-state index is 0.235. The number of fused-ring (bicyclic) bond motifs is 1. The van der Waals surface area contributed by atoms with E-state index in [1.54, 1.807) is 5.30 Å². The Hall–Kier alpha value is -1.65. The lowest BCUT2D eigenvalue weighted by Crippen LogP contribution is -2.32. The zero-order valence-electron chi connectivity index (χ0n) is 19.7. The van der Waals surface area contributed by atoms with Gasteiger partial charge in [-0.2, -0.15) is 0 Å². The van der Waals surface area contributed by atoms with Crippen LogP contribution >= 0.6 is 7.92 Å². The topological polar surface area (TPSA) is 0 Å². The maximum absolute atomic E-state index is 2.48. The van der Waals surface area contributed by atoms with Gasteiger partial charge >= 0.3 is 0 Å². The molecule has 0 fully saturated rings. The summed E-state index contributed by atoms with van der Waals surface area (Å²) < 4.78 is 0. The summed E-state index contributed by atoms with van der Waals surface area (Å²) in [5.74, 6) is 0.485. The van der Waals surface area contributed by atoms with Gasteiger partial charge in [-0.3, -0.25) is 0 Å². The molecule has 1 heteroatoms. The van der Waals surface area contributed by atoms with Crippen LogP contribution in [-0.4, -0.2) is 10.3 Å². The van der Waals surface area contributed by atoms with Gasteiger partial charge in [-0.05, 0) is 55.9 Å². The second-order valence-electron chi connectivity index (χ2n) is 10.6. The Morgan fingerprint density at radius 3 is 1.97 bits per heavy atom. The molecule has 3 aromatic rings. The first-order valence-corrected chi connectivity index (χ1v) is 12.2. The molecule has 0 saturated heterocycles. The van der Waals surface area contributed by atoms with E-state index in [1.807, 2.05) is 0 Å². The van der Waals surface area contributed by atoms with E-state index in [0.717, 1.165) is 0 Å². The van der Waals surface area contributed by atoms with E-state index in [4.69, 9.17) is 0 Å². The highest BCUT2D eigenvalue weighted by Crippen LogP contribution is 2.60. The monoisotopic (exact) mass is 404 g/mol. The number of benzene rings is 3. The molecule has 0 aliphatic carbocycles. The molecule has 0 N–H and O–H groups in total. The first kappa shape index (κ1) is 22.0. The molecule has 0 saturated carbocycles. The molecule has 0 aliphatic heterocycles. The standard InChI is InChI=1S/C28H37P/c1-19(2)22-17-15-21-12-10-11-13-23(21)26(22)24-16-14-20(3)18-25(24)29(27(4,5)6)28(7,8)9/h10-19H,1-9H3. The Kier molecular flexibility index (Phi) is 5.99. The smallest absolute Gasteiger partial charge is 0.00643 e. The van der Waals surface area contributed by atoms with E-state index in [-0.39, 0.29) is 18.2 Å². The van der Waals surface area contributed by atoms with E-state index < -0.39 is 0 Å². The predicted octanol–water partition coefficient (Wildman–Crippen LogP) is 8.64. The molecule has 0 nitrogen and oxygen atoms in total. The summed E-state index contributed by atoms with van der Waals surface area (Å²) in [5, 5.41) is 4.73. The number of aryl methyl sites for hydroxylation is 1. The third-order valence-electron chi connectivity index (χ3n) is 5.59. The Bertz CT molecular complexity index is 999.